The normalized spacial score (nSPS) is 24.8. The Kier molecular flexibility index (Phi) is 4.25. The maximum Gasteiger partial charge on any atom is 0.241 e. The number of amides is 1. The molecule has 2 rings (SSSR count). The van der Waals surface area contributed by atoms with Crippen molar-refractivity contribution in [1.82, 2.24) is 10.2 Å². The Morgan fingerprint density at radius 1 is 1.32 bits per heavy atom. The van der Waals surface area contributed by atoms with Crippen molar-refractivity contribution in [2.45, 2.75) is 46.3 Å². The number of nitrogens with zero attached hydrogens (tertiary/aromatic N) is 1. The third-order valence-corrected chi connectivity index (χ3v) is 3.97. The summed E-state index contributed by atoms with van der Waals surface area (Å²) in [7, 11) is 0. The Morgan fingerprint density at radius 3 is 2.53 bits per heavy atom. The molecule has 1 aromatic rings. The van der Waals surface area contributed by atoms with Crippen LogP contribution in [-0.4, -0.2) is 23.4 Å². The predicted molar refractivity (Wildman–Crippen MR) is 77.7 cm³/mol. The molecular formula is C16H24N2O. The van der Waals surface area contributed by atoms with Gasteiger partial charge in [-0.25, -0.2) is 0 Å². The summed E-state index contributed by atoms with van der Waals surface area (Å²) in [6.45, 7) is 9.22. The fraction of sp³-hybridized carbons (Fsp3) is 0.562. The van der Waals surface area contributed by atoms with Gasteiger partial charge >= 0.3 is 0 Å². The first kappa shape index (κ1) is 14.1. The lowest BCUT2D eigenvalue weighted by Crippen LogP contribution is -2.34. The topological polar surface area (TPSA) is 32.3 Å². The second-order valence-corrected chi connectivity index (χ2v) is 5.71. The summed E-state index contributed by atoms with van der Waals surface area (Å²) >= 11 is 0. The third kappa shape index (κ3) is 2.98. The zero-order chi connectivity index (χ0) is 14.0. The molecule has 1 aliphatic heterocycles. The van der Waals surface area contributed by atoms with E-state index >= 15 is 0 Å². The van der Waals surface area contributed by atoms with E-state index in [9.17, 15) is 4.79 Å². The SMILES string of the molecule is CCC(C)CN1C(=O)C(C)NC1c1ccc(C)cc1. The second-order valence-electron chi connectivity index (χ2n) is 5.71. The van der Waals surface area contributed by atoms with Crippen LogP contribution in [0.1, 0.15) is 44.5 Å². The summed E-state index contributed by atoms with van der Waals surface area (Å²) in [6, 6.07) is 8.34. The van der Waals surface area contributed by atoms with Gasteiger partial charge in [-0.15, -0.1) is 0 Å². The van der Waals surface area contributed by atoms with Gasteiger partial charge in [0.1, 0.15) is 6.17 Å². The standard InChI is InChI=1S/C16H24N2O/c1-5-11(2)10-18-15(17-13(4)16(18)19)14-8-6-12(3)7-9-14/h6-9,11,13,15,17H,5,10H2,1-4H3. The molecule has 0 radical (unpaired) electrons. The average Bonchev–Trinajstić information content (AvgIpc) is 2.68. The molecule has 3 heteroatoms. The molecule has 1 N–H and O–H groups in total. The van der Waals surface area contributed by atoms with Crippen LogP contribution in [-0.2, 0) is 4.79 Å². The van der Waals surface area contributed by atoms with Crippen molar-refractivity contribution in [3.8, 4) is 0 Å². The highest BCUT2D eigenvalue weighted by Gasteiger charge is 2.37. The molecule has 3 atom stereocenters. The molecule has 1 fully saturated rings. The first-order valence-corrected chi connectivity index (χ1v) is 7.16. The summed E-state index contributed by atoms with van der Waals surface area (Å²) in [5.41, 5.74) is 2.42. The highest BCUT2D eigenvalue weighted by atomic mass is 16.2. The summed E-state index contributed by atoms with van der Waals surface area (Å²) in [6.07, 6.45) is 1.12. The van der Waals surface area contributed by atoms with Gasteiger partial charge in [0.2, 0.25) is 5.91 Å². The van der Waals surface area contributed by atoms with Crippen LogP contribution in [0.5, 0.6) is 0 Å². The summed E-state index contributed by atoms with van der Waals surface area (Å²) in [5.74, 6) is 0.745. The number of nitrogens with one attached hydrogen (secondary N) is 1. The Bertz CT molecular complexity index is 441. The van der Waals surface area contributed by atoms with E-state index in [1.54, 1.807) is 0 Å². The van der Waals surface area contributed by atoms with E-state index in [1.807, 2.05) is 11.8 Å². The van der Waals surface area contributed by atoms with Gasteiger partial charge in [0, 0.05) is 6.54 Å². The minimum absolute atomic E-state index is 0.0251. The van der Waals surface area contributed by atoms with Gasteiger partial charge in [0.05, 0.1) is 6.04 Å². The monoisotopic (exact) mass is 260 g/mol. The van der Waals surface area contributed by atoms with Crippen molar-refractivity contribution in [2.24, 2.45) is 5.92 Å². The largest absolute Gasteiger partial charge is 0.321 e. The van der Waals surface area contributed by atoms with E-state index in [4.69, 9.17) is 0 Å². The molecule has 1 amide bonds. The van der Waals surface area contributed by atoms with E-state index in [2.05, 4.69) is 50.4 Å². The van der Waals surface area contributed by atoms with Crippen molar-refractivity contribution in [3.05, 3.63) is 35.4 Å². The van der Waals surface area contributed by atoms with Crippen molar-refractivity contribution < 1.29 is 4.79 Å². The van der Waals surface area contributed by atoms with Crippen LogP contribution in [0.15, 0.2) is 24.3 Å². The molecule has 1 aliphatic rings. The number of aryl methyl sites for hydroxylation is 1. The molecule has 1 saturated heterocycles. The van der Waals surface area contributed by atoms with E-state index in [0.29, 0.717) is 5.92 Å². The smallest absolute Gasteiger partial charge is 0.241 e. The van der Waals surface area contributed by atoms with Crippen LogP contribution in [0.4, 0.5) is 0 Å². The fourth-order valence-corrected chi connectivity index (χ4v) is 2.46. The zero-order valence-electron chi connectivity index (χ0n) is 12.3. The highest BCUT2D eigenvalue weighted by molar-refractivity contribution is 5.84. The minimum Gasteiger partial charge on any atom is -0.321 e. The van der Waals surface area contributed by atoms with Crippen LogP contribution in [0, 0.1) is 12.8 Å². The van der Waals surface area contributed by atoms with Gasteiger partial charge in [-0.2, -0.15) is 0 Å². The lowest BCUT2D eigenvalue weighted by Gasteiger charge is -2.27. The van der Waals surface area contributed by atoms with Crippen LogP contribution >= 0.6 is 0 Å². The predicted octanol–water partition coefficient (Wildman–Crippen LogP) is 2.86. The van der Waals surface area contributed by atoms with Gasteiger partial charge in [-0.3, -0.25) is 10.1 Å². The summed E-state index contributed by atoms with van der Waals surface area (Å²) in [4.78, 5) is 14.3. The molecule has 0 aromatic heterocycles. The summed E-state index contributed by atoms with van der Waals surface area (Å²) in [5, 5.41) is 3.40. The van der Waals surface area contributed by atoms with E-state index in [1.165, 1.54) is 11.1 Å². The number of rotatable bonds is 4. The number of hydrogen-bond acceptors (Lipinski definition) is 2. The van der Waals surface area contributed by atoms with E-state index < -0.39 is 0 Å². The van der Waals surface area contributed by atoms with Crippen molar-refractivity contribution in [1.29, 1.82) is 0 Å². The molecule has 0 aliphatic carbocycles. The van der Waals surface area contributed by atoms with Gasteiger partial charge < -0.3 is 4.90 Å². The molecule has 0 saturated carbocycles. The molecule has 0 bridgehead atoms. The molecular weight excluding hydrogens is 236 g/mol. The maximum absolute atomic E-state index is 12.3. The first-order valence-electron chi connectivity index (χ1n) is 7.16. The van der Waals surface area contributed by atoms with Crippen LogP contribution in [0.25, 0.3) is 0 Å². The molecule has 104 valence electrons. The summed E-state index contributed by atoms with van der Waals surface area (Å²) < 4.78 is 0. The zero-order valence-corrected chi connectivity index (χ0v) is 12.3. The van der Waals surface area contributed by atoms with Crippen molar-refractivity contribution in [3.63, 3.8) is 0 Å². The maximum atomic E-state index is 12.3. The molecule has 3 nitrogen and oxygen atoms in total. The first-order chi connectivity index (χ1) is 9.02. The van der Waals surface area contributed by atoms with Crippen molar-refractivity contribution in [2.75, 3.05) is 6.54 Å². The Labute approximate surface area is 116 Å². The lowest BCUT2D eigenvalue weighted by atomic mass is 10.1. The van der Waals surface area contributed by atoms with Crippen LogP contribution in [0.3, 0.4) is 0 Å². The minimum atomic E-state index is -0.0876. The Hall–Kier alpha value is -1.35. The van der Waals surface area contributed by atoms with Gasteiger partial charge in [0.15, 0.2) is 0 Å². The number of benzene rings is 1. The third-order valence-electron chi connectivity index (χ3n) is 3.97. The van der Waals surface area contributed by atoms with E-state index in [-0.39, 0.29) is 18.1 Å². The quantitative estimate of drug-likeness (QED) is 0.903. The lowest BCUT2D eigenvalue weighted by molar-refractivity contribution is -0.130. The Morgan fingerprint density at radius 2 is 1.95 bits per heavy atom. The van der Waals surface area contributed by atoms with E-state index in [0.717, 1.165) is 13.0 Å². The number of carbonyl (C=O) groups is 1. The molecule has 3 unspecified atom stereocenters. The van der Waals surface area contributed by atoms with Crippen LogP contribution in [0.2, 0.25) is 0 Å². The average molecular weight is 260 g/mol. The van der Waals surface area contributed by atoms with Gasteiger partial charge in [0.25, 0.3) is 0 Å². The number of hydrogen-bond donors (Lipinski definition) is 1. The van der Waals surface area contributed by atoms with Crippen molar-refractivity contribution >= 4 is 5.91 Å². The Balaban J connectivity index is 2.21. The molecule has 1 heterocycles. The number of carbonyl (C=O) groups excluding carboxylic acids is 1. The molecule has 1 aromatic carbocycles. The fourth-order valence-electron chi connectivity index (χ4n) is 2.46. The van der Waals surface area contributed by atoms with Crippen LogP contribution < -0.4 is 5.32 Å². The van der Waals surface area contributed by atoms with Gasteiger partial charge in [-0.1, -0.05) is 50.1 Å². The molecule has 19 heavy (non-hydrogen) atoms. The van der Waals surface area contributed by atoms with Gasteiger partial charge in [-0.05, 0) is 25.3 Å². The second kappa shape index (κ2) is 5.74. The highest BCUT2D eigenvalue weighted by Crippen LogP contribution is 2.26. The molecule has 0 spiro atoms.